The van der Waals surface area contributed by atoms with Crippen LogP contribution in [-0.4, -0.2) is 21.2 Å². The van der Waals surface area contributed by atoms with E-state index in [0.29, 0.717) is 0 Å². The summed E-state index contributed by atoms with van der Waals surface area (Å²) in [6.45, 7) is 1.93. The van der Waals surface area contributed by atoms with Crippen molar-refractivity contribution < 1.29 is 0 Å². The molecule has 1 aromatic rings. The van der Waals surface area contributed by atoms with Crippen LogP contribution in [0.15, 0.2) is 6.33 Å². The highest BCUT2D eigenvalue weighted by Crippen LogP contribution is 1.89. The van der Waals surface area contributed by atoms with Crippen LogP contribution in [0.4, 0.5) is 0 Å². The quantitative estimate of drug-likeness (QED) is 0.730. The monoisotopic (exact) mass is 198 g/mol. The molecule has 0 bridgehead atoms. The lowest BCUT2D eigenvalue weighted by molar-refractivity contribution is 0.705. The molecule has 1 aromatic heterocycles. The molecule has 6 heteroatoms. The van der Waals surface area contributed by atoms with Gasteiger partial charge in [-0.3, -0.25) is 5.10 Å². The van der Waals surface area contributed by atoms with Crippen molar-refractivity contribution in [3.8, 4) is 0 Å². The molecule has 0 saturated heterocycles. The van der Waals surface area contributed by atoms with Crippen LogP contribution >= 0.6 is 24.8 Å². The van der Waals surface area contributed by atoms with Crippen LogP contribution in [0.25, 0.3) is 0 Å². The highest BCUT2D eigenvalue weighted by Gasteiger charge is 1.97. The van der Waals surface area contributed by atoms with Gasteiger partial charge in [0.25, 0.3) is 0 Å². The van der Waals surface area contributed by atoms with Crippen molar-refractivity contribution >= 4 is 24.8 Å². The molecule has 4 nitrogen and oxygen atoms in total. The van der Waals surface area contributed by atoms with Gasteiger partial charge in [-0.2, -0.15) is 5.10 Å². The van der Waals surface area contributed by atoms with E-state index < -0.39 is 0 Å². The number of nitrogens with one attached hydrogen (secondary N) is 1. The predicted octanol–water partition coefficient (Wildman–Crippen LogP) is 0.538. The molecule has 66 valence electrons. The van der Waals surface area contributed by atoms with Crippen LogP contribution < -0.4 is 5.73 Å². The van der Waals surface area contributed by atoms with E-state index in [0.717, 1.165) is 12.2 Å². The molecule has 0 radical (unpaired) electrons. The molecule has 1 atom stereocenters. The fraction of sp³-hybridized carbons (Fsp3) is 0.600. The molecule has 0 fully saturated rings. The van der Waals surface area contributed by atoms with Crippen molar-refractivity contribution in [1.82, 2.24) is 15.2 Å². The molecular formula is C5H12Cl2N4. The zero-order chi connectivity index (χ0) is 6.69. The minimum atomic E-state index is 0. The van der Waals surface area contributed by atoms with Gasteiger partial charge in [-0.25, -0.2) is 4.98 Å². The molecule has 0 aliphatic carbocycles. The van der Waals surface area contributed by atoms with Gasteiger partial charge in [-0.1, -0.05) is 0 Å². The largest absolute Gasteiger partial charge is 0.328 e. The van der Waals surface area contributed by atoms with Crippen molar-refractivity contribution in [2.24, 2.45) is 5.73 Å². The summed E-state index contributed by atoms with van der Waals surface area (Å²) in [6.07, 6.45) is 2.25. The summed E-state index contributed by atoms with van der Waals surface area (Å²) in [5.41, 5.74) is 5.50. The highest BCUT2D eigenvalue weighted by molar-refractivity contribution is 5.85. The summed E-state index contributed by atoms with van der Waals surface area (Å²) in [4.78, 5) is 3.91. The Morgan fingerprint density at radius 2 is 2.27 bits per heavy atom. The number of nitrogens with two attached hydrogens (primary N) is 1. The van der Waals surface area contributed by atoms with Gasteiger partial charge in [0, 0.05) is 12.5 Å². The number of hydrogen-bond acceptors (Lipinski definition) is 3. The van der Waals surface area contributed by atoms with Gasteiger partial charge < -0.3 is 5.73 Å². The summed E-state index contributed by atoms with van der Waals surface area (Å²) >= 11 is 0. The Balaban J connectivity index is 0. The summed E-state index contributed by atoms with van der Waals surface area (Å²) in [7, 11) is 0. The fourth-order valence-corrected chi connectivity index (χ4v) is 0.634. The standard InChI is InChI=1S/C5H10N4.2ClH/c1-4(6)2-5-7-3-8-9-5;;/h3-4H,2,6H2,1H3,(H,7,8,9);2*1H. The van der Waals surface area contributed by atoms with Crippen molar-refractivity contribution in [3.05, 3.63) is 12.2 Å². The molecular weight excluding hydrogens is 187 g/mol. The minimum Gasteiger partial charge on any atom is -0.328 e. The SMILES string of the molecule is CC(N)Cc1ncn[nH]1.Cl.Cl. The van der Waals surface area contributed by atoms with E-state index in [9.17, 15) is 0 Å². The zero-order valence-electron chi connectivity index (χ0n) is 6.15. The topological polar surface area (TPSA) is 67.6 Å². The average Bonchev–Trinajstić information content (AvgIpc) is 2.15. The summed E-state index contributed by atoms with van der Waals surface area (Å²) in [5.74, 6) is 0.852. The number of H-pyrrole nitrogens is 1. The second-order valence-corrected chi connectivity index (χ2v) is 2.11. The first kappa shape index (κ1) is 13.3. The van der Waals surface area contributed by atoms with Gasteiger partial charge in [0.05, 0.1) is 0 Å². The van der Waals surface area contributed by atoms with Crippen LogP contribution in [0.5, 0.6) is 0 Å². The Kier molecular flexibility index (Phi) is 7.72. The zero-order valence-corrected chi connectivity index (χ0v) is 7.78. The number of nitrogens with zero attached hydrogens (tertiary/aromatic N) is 2. The third kappa shape index (κ3) is 5.01. The number of aromatic nitrogens is 3. The Bertz CT molecular complexity index is 163. The molecule has 11 heavy (non-hydrogen) atoms. The van der Waals surface area contributed by atoms with Crippen molar-refractivity contribution in [1.29, 1.82) is 0 Å². The average molecular weight is 199 g/mol. The van der Waals surface area contributed by atoms with Crippen LogP contribution in [0.2, 0.25) is 0 Å². The van der Waals surface area contributed by atoms with Crippen LogP contribution in [0, 0.1) is 0 Å². The Labute approximate surface area is 77.8 Å². The van der Waals surface area contributed by atoms with Gasteiger partial charge in [0.15, 0.2) is 0 Å². The first-order chi connectivity index (χ1) is 4.29. The second-order valence-electron chi connectivity index (χ2n) is 2.11. The van der Waals surface area contributed by atoms with Gasteiger partial charge in [0.2, 0.25) is 0 Å². The first-order valence-corrected chi connectivity index (χ1v) is 2.89. The molecule has 1 rings (SSSR count). The van der Waals surface area contributed by atoms with Crippen molar-refractivity contribution in [3.63, 3.8) is 0 Å². The molecule has 1 heterocycles. The normalized spacial score (nSPS) is 11.1. The van der Waals surface area contributed by atoms with E-state index in [2.05, 4.69) is 15.2 Å². The maximum Gasteiger partial charge on any atom is 0.137 e. The van der Waals surface area contributed by atoms with Crippen LogP contribution in [-0.2, 0) is 6.42 Å². The second kappa shape index (κ2) is 6.39. The van der Waals surface area contributed by atoms with E-state index >= 15 is 0 Å². The molecule has 0 spiro atoms. The Morgan fingerprint density at radius 3 is 2.64 bits per heavy atom. The molecule has 0 saturated carbocycles. The van der Waals surface area contributed by atoms with Crippen LogP contribution in [0.1, 0.15) is 12.7 Å². The van der Waals surface area contributed by atoms with E-state index in [1.165, 1.54) is 6.33 Å². The summed E-state index contributed by atoms with van der Waals surface area (Å²) < 4.78 is 0. The number of halogens is 2. The predicted molar refractivity (Wildman–Crippen MR) is 48.2 cm³/mol. The number of hydrogen-bond donors (Lipinski definition) is 2. The number of aromatic amines is 1. The van der Waals surface area contributed by atoms with Gasteiger partial charge in [-0.15, -0.1) is 24.8 Å². The smallest absolute Gasteiger partial charge is 0.137 e. The van der Waals surface area contributed by atoms with E-state index in [-0.39, 0.29) is 30.9 Å². The lowest BCUT2D eigenvalue weighted by Crippen LogP contribution is -2.18. The minimum absolute atomic E-state index is 0. The molecule has 0 aliphatic rings. The number of rotatable bonds is 2. The van der Waals surface area contributed by atoms with Crippen LogP contribution in [0.3, 0.4) is 0 Å². The summed E-state index contributed by atoms with van der Waals surface area (Å²) in [5, 5.41) is 6.41. The third-order valence-corrected chi connectivity index (χ3v) is 0.980. The third-order valence-electron chi connectivity index (χ3n) is 0.980. The van der Waals surface area contributed by atoms with E-state index in [1.54, 1.807) is 0 Å². The van der Waals surface area contributed by atoms with Gasteiger partial charge in [0.1, 0.15) is 12.2 Å². The van der Waals surface area contributed by atoms with Crippen molar-refractivity contribution in [2.45, 2.75) is 19.4 Å². The maximum absolute atomic E-state index is 5.50. The van der Waals surface area contributed by atoms with E-state index in [1.807, 2.05) is 6.92 Å². The lowest BCUT2D eigenvalue weighted by Gasteiger charge is -1.97. The lowest BCUT2D eigenvalue weighted by atomic mass is 10.2. The van der Waals surface area contributed by atoms with Crippen molar-refractivity contribution in [2.75, 3.05) is 0 Å². The molecule has 0 aliphatic heterocycles. The highest BCUT2D eigenvalue weighted by atomic mass is 35.5. The Morgan fingerprint density at radius 1 is 1.64 bits per heavy atom. The molecule has 0 amide bonds. The van der Waals surface area contributed by atoms with E-state index in [4.69, 9.17) is 5.73 Å². The fourth-order valence-electron chi connectivity index (χ4n) is 0.634. The maximum atomic E-state index is 5.50. The molecule has 1 unspecified atom stereocenters. The molecule has 3 N–H and O–H groups in total. The van der Waals surface area contributed by atoms with Gasteiger partial charge in [-0.05, 0) is 6.92 Å². The first-order valence-electron chi connectivity index (χ1n) is 2.89. The molecule has 0 aromatic carbocycles. The van der Waals surface area contributed by atoms with Gasteiger partial charge >= 0.3 is 0 Å². The summed E-state index contributed by atoms with van der Waals surface area (Å²) in [6, 6.07) is 0.151. The Hall–Kier alpha value is -0.320.